The van der Waals surface area contributed by atoms with Gasteiger partial charge in [0.05, 0.1) is 6.61 Å². The first-order valence-electron chi connectivity index (χ1n) is 7.45. The normalized spacial score (nSPS) is 20.7. The predicted molar refractivity (Wildman–Crippen MR) is 83.2 cm³/mol. The van der Waals surface area contributed by atoms with Crippen LogP contribution < -0.4 is 0 Å². The number of carbonyl (C=O) groups excluding carboxylic acids is 1. The van der Waals surface area contributed by atoms with Gasteiger partial charge in [0, 0.05) is 18.6 Å². The summed E-state index contributed by atoms with van der Waals surface area (Å²) in [7, 11) is 0.792. The van der Waals surface area contributed by atoms with Crippen molar-refractivity contribution >= 4 is 5.97 Å². The molecular weight excluding hydrogens is 337 g/mol. The summed E-state index contributed by atoms with van der Waals surface area (Å²) in [4.78, 5) is 12.6. The topological polar surface area (TPSA) is 55.8 Å². The second-order valence-electron chi connectivity index (χ2n) is 5.70. The van der Waals surface area contributed by atoms with Crippen LogP contribution in [0.3, 0.4) is 0 Å². The Morgan fingerprint density at radius 1 is 1.12 bits per heavy atom. The van der Waals surface area contributed by atoms with Gasteiger partial charge in [-0.2, -0.15) is 13.2 Å². The zero-order chi connectivity index (χ0) is 18.7. The Hall–Kier alpha value is -1.60. The van der Waals surface area contributed by atoms with E-state index in [4.69, 9.17) is 4.74 Å². The monoisotopic (exact) mass is 355 g/mol. The molecule has 7 heteroatoms. The summed E-state index contributed by atoms with van der Waals surface area (Å²) in [5, 5.41) is 9.62. The number of aliphatic hydroxyl groups is 1. The van der Waals surface area contributed by atoms with E-state index in [1.54, 1.807) is 25.7 Å². The minimum atomic E-state index is -5.07. The third kappa shape index (κ3) is 3.53. The number of halogens is 3. The van der Waals surface area contributed by atoms with Gasteiger partial charge >= 0.3 is 12.1 Å². The molecule has 0 heterocycles. The molecule has 0 spiro atoms. The maximum atomic E-state index is 13.8. The molecule has 0 saturated heterocycles. The Labute approximate surface area is 144 Å². The molecule has 0 aromatic heterocycles. The molecular formula is C18H18F3O4. The molecule has 1 fully saturated rings. The van der Waals surface area contributed by atoms with Crippen LogP contribution in [0.4, 0.5) is 13.2 Å². The van der Waals surface area contributed by atoms with Crippen molar-refractivity contribution in [2.45, 2.75) is 24.3 Å². The molecule has 1 N–H and O–H groups in total. The van der Waals surface area contributed by atoms with Crippen molar-refractivity contribution in [1.82, 2.24) is 0 Å². The van der Waals surface area contributed by atoms with Crippen LogP contribution in [0.25, 0.3) is 0 Å². The molecule has 1 aromatic carbocycles. The second kappa shape index (κ2) is 7.33. The van der Waals surface area contributed by atoms with Crippen molar-refractivity contribution in [1.29, 1.82) is 0 Å². The number of ether oxygens (including phenoxy) is 2. The van der Waals surface area contributed by atoms with Crippen LogP contribution in [-0.4, -0.2) is 36.6 Å². The van der Waals surface area contributed by atoms with Crippen molar-refractivity contribution in [2.75, 3.05) is 13.7 Å². The van der Waals surface area contributed by atoms with Crippen LogP contribution >= 0.6 is 0 Å². The largest absolute Gasteiger partial charge is 0.454 e. The summed E-state index contributed by atoms with van der Waals surface area (Å²) in [6.45, 7) is 0.650. The summed E-state index contributed by atoms with van der Waals surface area (Å²) in [5.41, 5.74) is -5.33. The number of methoxy groups -OCH3 is 1. The maximum Gasteiger partial charge on any atom is 0.432 e. The molecule has 0 unspecified atom stereocenters. The van der Waals surface area contributed by atoms with Gasteiger partial charge in [-0.05, 0) is 32.6 Å². The molecule has 135 valence electrons. The molecule has 1 aromatic rings. The van der Waals surface area contributed by atoms with E-state index in [9.17, 15) is 23.1 Å². The Morgan fingerprint density at radius 2 is 1.68 bits per heavy atom. The highest BCUT2D eigenvalue weighted by atomic mass is 19.4. The van der Waals surface area contributed by atoms with Crippen LogP contribution in [0, 0.1) is 31.6 Å². The summed E-state index contributed by atoms with van der Waals surface area (Å²) < 4.78 is 51.3. The van der Waals surface area contributed by atoms with Gasteiger partial charge in [0.2, 0.25) is 0 Å². The first-order valence-corrected chi connectivity index (χ1v) is 7.45. The van der Waals surface area contributed by atoms with Crippen molar-refractivity contribution in [3.8, 4) is 0 Å². The molecule has 25 heavy (non-hydrogen) atoms. The highest BCUT2D eigenvalue weighted by molar-refractivity contribution is 5.83. The lowest BCUT2D eigenvalue weighted by atomic mass is 9.87. The quantitative estimate of drug-likeness (QED) is 0.798. The molecule has 2 atom stereocenters. The molecule has 1 aliphatic carbocycles. The number of aliphatic hydroxyl groups excluding tert-OH is 1. The zero-order valence-corrected chi connectivity index (χ0v) is 13.7. The zero-order valence-electron chi connectivity index (χ0n) is 13.7. The SMILES string of the molecule is CO[C@](C(=O)O[C@](C)(CO)[C]1[CH][CH][CH][CH]1)(c1ccccc1)C(F)(F)F. The van der Waals surface area contributed by atoms with Crippen molar-refractivity contribution in [3.05, 3.63) is 67.5 Å². The number of hydrogen-bond donors (Lipinski definition) is 1. The number of carbonyl (C=O) groups is 1. The Balaban J connectivity index is 2.42. The minimum Gasteiger partial charge on any atom is -0.454 e. The van der Waals surface area contributed by atoms with Crippen molar-refractivity contribution < 1.29 is 32.5 Å². The Morgan fingerprint density at radius 3 is 2.12 bits per heavy atom. The van der Waals surface area contributed by atoms with E-state index >= 15 is 0 Å². The summed E-state index contributed by atoms with van der Waals surface area (Å²) >= 11 is 0. The molecule has 5 radical (unpaired) electrons. The van der Waals surface area contributed by atoms with E-state index in [2.05, 4.69) is 4.74 Å². The second-order valence-corrected chi connectivity index (χ2v) is 5.70. The van der Waals surface area contributed by atoms with Gasteiger partial charge in [0.15, 0.2) is 0 Å². The fourth-order valence-corrected chi connectivity index (χ4v) is 2.57. The summed E-state index contributed by atoms with van der Waals surface area (Å²) in [5.74, 6) is -1.27. The maximum absolute atomic E-state index is 13.8. The van der Waals surface area contributed by atoms with Gasteiger partial charge in [-0.1, -0.05) is 30.3 Å². The molecule has 4 nitrogen and oxygen atoms in total. The van der Waals surface area contributed by atoms with Crippen molar-refractivity contribution in [2.24, 2.45) is 0 Å². The molecule has 0 amide bonds. The highest BCUT2D eigenvalue weighted by Crippen LogP contribution is 2.45. The third-order valence-electron chi connectivity index (χ3n) is 4.07. The third-order valence-corrected chi connectivity index (χ3v) is 4.07. The minimum absolute atomic E-state index is 0.378. The number of esters is 1. The smallest absolute Gasteiger partial charge is 0.432 e. The van der Waals surface area contributed by atoms with Crippen LogP contribution in [0.2, 0.25) is 0 Å². The van der Waals surface area contributed by atoms with E-state index in [1.807, 2.05) is 0 Å². The first-order chi connectivity index (χ1) is 11.7. The number of rotatable bonds is 6. The van der Waals surface area contributed by atoms with E-state index in [0.717, 1.165) is 19.2 Å². The highest BCUT2D eigenvalue weighted by Gasteiger charge is 2.65. The average Bonchev–Trinajstić information content (AvgIpc) is 3.10. The van der Waals surface area contributed by atoms with Crippen LogP contribution in [0.1, 0.15) is 12.5 Å². The summed E-state index contributed by atoms with van der Waals surface area (Å²) in [6.07, 6.45) is 1.29. The Kier molecular flexibility index (Phi) is 5.79. The van der Waals surface area contributed by atoms with Gasteiger partial charge in [-0.25, -0.2) is 4.79 Å². The van der Waals surface area contributed by atoms with E-state index in [1.165, 1.54) is 25.1 Å². The van der Waals surface area contributed by atoms with E-state index in [-0.39, 0.29) is 0 Å². The first kappa shape index (κ1) is 19.7. The molecule has 1 aliphatic rings. The van der Waals surface area contributed by atoms with E-state index < -0.39 is 35.5 Å². The van der Waals surface area contributed by atoms with Gasteiger partial charge in [-0.15, -0.1) is 0 Å². The molecule has 2 rings (SSSR count). The number of hydrogen-bond acceptors (Lipinski definition) is 4. The number of alkyl halides is 3. The molecule has 0 aliphatic heterocycles. The fourth-order valence-electron chi connectivity index (χ4n) is 2.57. The van der Waals surface area contributed by atoms with Gasteiger partial charge in [-0.3, -0.25) is 0 Å². The lowest BCUT2D eigenvalue weighted by Gasteiger charge is -2.38. The molecule has 0 bridgehead atoms. The van der Waals surface area contributed by atoms with Crippen LogP contribution in [0.15, 0.2) is 30.3 Å². The van der Waals surface area contributed by atoms with Crippen LogP contribution in [0.5, 0.6) is 0 Å². The van der Waals surface area contributed by atoms with E-state index in [0.29, 0.717) is 5.92 Å². The lowest BCUT2D eigenvalue weighted by molar-refractivity contribution is -0.281. The predicted octanol–water partition coefficient (Wildman–Crippen LogP) is 2.79. The standard InChI is InChI=1S/C18H18F3O4/c1-16(12-22,13-8-6-7-9-13)25-15(23)17(24-2,18(19,20)21)14-10-4-3-5-11-14/h3-11,22H,12H2,1-2H3/t16-,17+/m1/s1. The Bertz CT molecular complexity index is 584. The lowest BCUT2D eigenvalue weighted by Crippen LogP contribution is -2.55. The van der Waals surface area contributed by atoms with Crippen LogP contribution in [-0.2, 0) is 19.9 Å². The van der Waals surface area contributed by atoms with Gasteiger partial charge < -0.3 is 14.6 Å². The van der Waals surface area contributed by atoms with Gasteiger partial charge in [0.1, 0.15) is 5.60 Å². The average molecular weight is 355 g/mol. The van der Waals surface area contributed by atoms with Gasteiger partial charge in [0.25, 0.3) is 5.60 Å². The summed E-state index contributed by atoms with van der Waals surface area (Å²) in [6, 6.07) is 6.52. The fraction of sp³-hybridized carbons (Fsp3) is 0.333. The molecule has 1 saturated carbocycles. The number of benzene rings is 1. The van der Waals surface area contributed by atoms with Crippen molar-refractivity contribution in [3.63, 3.8) is 0 Å².